The highest BCUT2D eigenvalue weighted by atomic mass is 79.9. The average Bonchev–Trinajstić information content (AvgIpc) is 2.12. The maximum absolute atomic E-state index is 3.58. The van der Waals surface area contributed by atoms with Gasteiger partial charge in [-0.25, -0.2) is 0 Å². The van der Waals surface area contributed by atoms with Crippen molar-refractivity contribution in [3.05, 3.63) is 26.6 Å². The first-order valence-corrected chi connectivity index (χ1v) is 5.58. The van der Waals surface area contributed by atoms with Crippen LogP contribution in [0.4, 0.5) is 5.69 Å². The molecule has 0 atom stereocenters. The fraction of sp³-hybridized carbons (Fsp3) is 0.333. The van der Waals surface area contributed by atoms with Gasteiger partial charge in [-0.2, -0.15) is 0 Å². The van der Waals surface area contributed by atoms with Crippen LogP contribution in [-0.2, 0) is 6.42 Å². The lowest BCUT2D eigenvalue weighted by molar-refractivity contribution is 0.826. The molecule has 0 spiro atoms. The minimum Gasteiger partial charge on any atom is -0.385 e. The van der Waals surface area contributed by atoms with Gasteiger partial charge in [0.05, 0.1) is 0 Å². The van der Waals surface area contributed by atoms with Gasteiger partial charge in [0.25, 0.3) is 0 Å². The molecule has 1 heterocycles. The normalized spacial score (nSPS) is 15.2. The molecule has 0 saturated carbocycles. The van der Waals surface area contributed by atoms with Gasteiger partial charge in [-0.1, -0.05) is 0 Å². The van der Waals surface area contributed by atoms with E-state index < -0.39 is 0 Å². The van der Waals surface area contributed by atoms with E-state index in [1.54, 1.807) is 0 Å². The Morgan fingerprint density at radius 3 is 2.92 bits per heavy atom. The molecule has 1 aromatic carbocycles. The zero-order valence-electron chi connectivity index (χ0n) is 6.53. The summed E-state index contributed by atoms with van der Waals surface area (Å²) in [6, 6.07) is 4.20. The molecular formula is C9H9Br2N. The number of fused-ring (bicyclic) bond motifs is 1. The topological polar surface area (TPSA) is 12.0 Å². The van der Waals surface area contributed by atoms with Crippen molar-refractivity contribution in [2.45, 2.75) is 12.8 Å². The number of halogens is 2. The van der Waals surface area contributed by atoms with Crippen molar-refractivity contribution in [1.29, 1.82) is 0 Å². The molecule has 0 saturated heterocycles. The molecule has 2 rings (SSSR count). The molecule has 3 heteroatoms. The Hall–Kier alpha value is -0.0200. The van der Waals surface area contributed by atoms with E-state index in [0.29, 0.717) is 0 Å². The molecule has 0 aromatic heterocycles. The third kappa shape index (κ3) is 1.40. The SMILES string of the molecule is Brc1ccc2c(c1Br)CCCN2. The number of hydrogen-bond donors (Lipinski definition) is 1. The highest BCUT2D eigenvalue weighted by Gasteiger charge is 2.12. The maximum atomic E-state index is 3.58. The molecule has 0 unspecified atom stereocenters. The van der Waals surface area contributed by atoms with Gasteiger partial charge in [-0.15, -0.1) is 0 Å². The summed E-state index contributed by atoms with van der Waals surface area (Å²) in [5.74, 6) is 0. The number of rotatable bonds is 0. The highest BCUT2D eigenvalue weighted by Crippen LogP contribution is 2.34. The van der Waals surface area contributed by atoms with Crippen molar-refractivity contribution < 1.29 is 0 Å². The van der Waals surface area contributed by atoms with E-state index in [1.807, 2.05) is 0 Å². The quantitative estimate of drug-likeness (QED) is 0.770. The molecule has 1 aromatic rings. The Labute approximate surface area is 88.8 Å². The summed E-state index contributed by atoms with van der Waals surface area (Å²) >= 11 is 7.08. The molecule has 0 fully saturated rings. The molecule has 0 amide bonds. The van der Waals surface area contributed by atoms with Crippen LogP contribution >= 0.6 is 31.9 Å². The lowest BCUT2D eigenvalue weighted by atomic mass is 10.0. The minimum atomic E-state index is 1.10. The van der Waals surface area contributed by atoms with Crippen LogP contribution in [0.25, 0.3) is 0 Å². The molecule has 0 radical (unpaired) electrons. The van der Waals surface area contributed by atoms with Crippen molar-refractivity contribution in [3.63, 3.8) is 0 Å². The summed E-state index contributed by atoms with van der Waals surface area (Å²) in [7, 11) is 0. The molecule has 0 aliphatic carbocycles. The van der Waals surface area contributed by atoms with Crippen LogP contribution in [0, 0.1) is 0 Å². The third-order valence-electron chi connectivity index (χ3n) is 2.12. The Morgan fingerprint density at radius 2 is 2.08 bits per heavy atom. The zero-order valence-corrected chi connectivity index (χ0v) is 9.70. The predicted molar refractivity (Wildman–Crippen MR) is 58.7 cm³/mol. The fourth-order valence-electron chi connectivity index (χ4n) is 1.49. The van der Waals surface area contributed by atoms with E-state index >= 15 is 0 Å². The molecule has 0 bridgehead atoms. The lowest BCUT2D eigenvalue weighted by Gasteiger charge is -2.19. The third-order valence-corrected chi connectivity index (χ3v) is 4.21. The van der Waals surface area contributed by atoms with E-state index in [1.165, 1.54) is 28.6 Å². The summed E-state index contributed by atoms with van der Waals surface area (Å²) in [5.41, 5.74) is 2.67. The van der Waals surface area contributed by atoms with E-state index in [2.05, 4.69) is 49.3 Å². The second-order valence-corrected chi connectivity index (χ2v) is 4.57. The summed E-state index contributed by atoms with van der Waals surface area (Å²) in [6.07, 6.45) is 2.39. The Kier molecular flexibility index (Phi) is 2.42. The van der Waals surface area contributed by atoms with Crippen LogP contribution in [-0.4, -0.2) is 6.54 Å². The maximum Gasteiger partial charge on any atom is 0.0384 e. The smallest absolute Gasteiger partial charge is 0.0384 e. The van der Waals surface area contributed by atoms with Crippen molar-refractivity contribution >= 4 is 37.5 Å². The molecule has 1 N–H and O–H groups in total. The van der Waals surface area contributed by atoms with E-state index in [0.717, 1.165) is 11.0 Å². The molecule has 12 heavy (non-hydrogen) atoms. The number of hydrogen-bond acceptors (Lipinski definition) is 1. The van der Waals surface area contributed by atoms with Crippen LogP contribution in [0.1, 0.15) is 12.0 Å². The van der Waals surface area contributed by atoms with Gasteiger partial charge in [0, 0.05) is 21.2 Å². The second kappa shape index (κ2) is 3.38. The van der Waals surface area contributed by atoms with E-state index in [9.17, 15) is 0 Å². The monoisotopic (exact) mass is 289 g/mol. The van der Waals surface area contributed by atoms with Crippen LogP contribution in [0.15, 0.2) is 21.1 Å². The van der Waals surface area contributed by atoms with Crippen molar-refractivity contribution in [1.82, 2.24) is 0 Å². The Bertz CT molecular complexity index is 310. The summed E-state index contributed by atoms with van der Waals surface area (Å²) in [6.45, 7) is 1.10. The fourth-order valence-corrected chi connectivity index (χ4v) is 2.41. The molecule has 64 valence electrons. The van der Waals surface area contributed by atoms with Gasteiger partial charge in [0.2, 0.25) is 0 Å². The molecule has 1 nitrogen and oxygen atoms in total. The number of nitrogens with one attached hydrogen (secondary N) is 1. The Morgan fingerprint density at radius 1 is 1.25 bits per heavy atom. The lowest BCUT2D eigenvalue weighted by Crippen LogP contribution is -2.11. The number of benzene rings is 1. The van der Waals surface area contributed by atoms with Gasteiger partial charge in [-0.3, -0.25) is 0 Å². The summed E-state index contributed by atoms with van der Waals surface area (Å²) < 4.78 is 2.34. The largest absolute Gasteiger partial charge is 0.385 e. The van der Waals surface area contributed by atoms with Gasteiger partial charge in [0.1, 0.15) is 0 Å². The Balaban J connectivity index is 2.54. The molecule has 1 aliphatic rings. The van der Waals surface area contributed by atoms with Gasteiger partial charge in [-0.05, 0) is 62.4 Å². The zero-order chi connectivity index (χ0) is 8.55. The van der Waals surface area contributed by atoms with E-state index in [-0.39, 0.29) is 0 Å². The van der Waals surface area contributed by atoms with Crippen LogP contribution in [0.2, 0.25) is 0 Å². The van der Waals surface area contributed by atoms with Gasteiger partial charge >= 0.3 is 0 Å². The standard InChI is InChI=1S/C9H9Br2N/c10-7-3-4-8-6(9(7)11)2-1-5-12-8/h3-4,12H,1-2,5H2. The minimum absolute atomic E-state index is 1.10. The first-order valence-electron chi connectivity index (χ1n) is 4.00. The molecular weight excluding hydrogens is 282 g/mol. The van der Waals surface area contributed by atoms with Crippen molar-refractivity contribution in [2.75, 3.05) is 11.9 Å². The van der Waals surface area contributed by atoms with Gasteiger partial charge < -0.3 is 5.32 Å². The van der Waals surface area contributed by atoms with Crippen LogP contribution < -0.4 is 5.32 Å². The predicted octanol–water partition coefficient (Wildman–Crippen LogP) is 3.57. The summed E-state index contributed by atoms with van der Waals surface area (Å²) in [5, 5.41) is 3.38. The van der Waals surface area contributed by atoms with Crippen LogP contribution in [0.3, 0.4) is 0 Å². The van der Waals surface area contributed by atoms with Crippen molar-refractivity contribution in [3.8, 4) is 0 Å². The summed E-state index contributed by atoms with van der Waals surface area (Å²) in [4.78, 5) is 0. The second-order valence-electron chi connectivity index (χ2n) is 2.92. The first-order chi connectivity index (χ1) is 5.79. The van der Waals surface area contributed by atoms with Crippen molar-refractivity contribution in [2.24, 2.45) is 0 Å². The highest BCUT2D eigenvalue weighted by molar-refractivity contribution is 9.13. The molecule has 1 aliphatic heterocycles. The van der Waals surface area contributed by atoms with E-state index in [4.69, 9.17) is 0 Å². The van der Waals surface area contributed by atoms with Gasteiger partial charge in [0.15, 0.2) is 0 Å². The average molecular weight is 291 g/mol. The van der Waals surface area contributed by atoms with Crippen LogP contribution in [0.5, 0.6) is 0 Å². The first kappa shape index (κ1) is 8.57. The number of anilines is 1.